The van der Waals surface area contributed by atoms with Gasteiger partial charge in [-0.1, -0.05) is 29.8 Å². The van der Waals surface area contributed by atoms with E-state index in [1.807, 2.05) is 6.07 Å². The molecule has 0 amide bonds. The molecule has 1 N–H and O–H groups in total. The van der Waals surface area contributed by atoms with E-state index in [0.717, 1.165) is 0 Å². The first-order valence-electron chi connectivity index (χ1n) is 6.66. The van der Waals surface area contributed by atoms with Crippen molar-refractivity contribution in [2.75, 3.05) is 12.3 Å². The fourth-order valence-corrected chi connectivity index (χ4v) is 2.77. The van der Waals surface area contributed by atoms with Crippen LogP contribution < -0.4 is 5.32 Å². The summed E-state index contributed by atoms with van der Waals surface area (Å²) in [5.74, 6) is 0.173. The summed E-state index contributed by atoms with van der Waals surface area (Å²) in [5.41, 5.74) is 2.40. The fourth-order valence-electron chi connectivity index (χ4n) is 1.77. The van der Waals surface area contributed by atoms with E-state index in [0.29, 0.717) is 6.54 Å². The molecule has 0 bridgehead atoms. The Morgan fingerprint density at radius 3 is 2.42 bits per heavy atom. The fraction of sp³-hybridized carbons (Fsp3) is 0.600. The van der Waals surface area contributed by atoms with E-state index in [4.69, 9.17) is 0 Å². The van der Waals surface area contributed by atoms with Gasteiger partial charge >= 0.3 is 0 Å². The lowest BCUT2D eigenvalue weighted by atomic mass is 10.1. The molecule has 1 rings (SSSR count). The molecule has 1 aromatic carbocycles. The smallest absolute Gasteiger partial charge is 0.156 e. The topological polar surface area (TPSA) is 46.2 Å². The van der Waals surface area contributed by atoms with Crippen LogP contribution in [-0.2, 0) is 9.84 Å². The Morgan fingerprint density at radius 1 is 1.26 bits per heavy atom. The summed E-state index contributed by atoms with van der Waals surface area (Å²) < 4.78 is 23.3. The zero-order valence-electron chi connectivity index (χ0n) is 12.5. The second-order valence-corrected chi connectivity index (χ2v) is 8.88. The van der Waals surface area contributed by atoms with Gasteiger partial charge in [0, 0.05) is 12.6 Å². The lowest BCUT2D eigenvalue weighted by molar-refractivity contribution is 0.546. The highest BCUT2D eigenvalue weighted by Gasteiger charge is 2.28. The molecule has 1 unspecified atom stereocenters. The Kier molecular flexibility index (Phi) is 5.16. The molecule has 19 heavy (non-hydrogen) atoms. The summed E-state index contributed by atoms with van der Waals surface area (Å²) in [6, 6.07) is 8.42. The van der Waals surface area contributed by atoms with E-state index in [9.17, 15) is 8.42 Å². The minimum atomic E-state index is -3.05. The molecule has 3 nitrogen and oxygen atoms in total. The quantitative estimate of drug-likeness (QED) is 0.904. The number of aryl methyl sites for hydroxylation is 1. The summed E-state index contributed by atoms with van der Waals surface area (Å²) in [4.78, 5) is 0. The summed E-state index contributed by atoms with van der Waals surface area (Å²) in [6.07, 6.45) is 0. The third kappa shape index (κ3) is 4.62. The van der Waals surface area contributed by atoms with E-state index in [1.165, 1.54) is 11.1 Å². The van der Waals surface area contributed by atoms with Gasteiger partial charge in [0.1, 0.15) is 0 Å². The molecule has 0 saturated heterocycles. The summed E-state index contributed by atoms with van der Waals surface area (Å²) in [5, 5.41) is 3.28. The molecule has 4 heteroatoms. The van der Waals surface area contributed by atoms with Gasteiger partial charge in [0.25, 0.3) is 0 Å². The van der Waals surface area contributed by atoms with Gasteiger partial charge in [-0.25, -0.2) is 8.42 Å². The molecule has 0 spiro atoms. The predicted molar refractivity (Wildman–Crippen MR) is 81.1 cm³/mol. The molecule has 0 aliphatic carbocycles. The summed E-state index contributed by atoms with van der Waals surface area (Å²) in [7, 11) is -3.05. The van der Waals surface area contributed by atoms with Crippen molar-refractivity contribution in [3.8, 4) is 0 Å². The maximum Gasteiger partial charge on any atom is 0.156 e. The standard InChI is InChI=1S/C15H25NO2S/c1-12-7-6-8-14(11-12)13(2)16-9-10-19(17,18)15(3,4)5/h6-8,11,13,16H,9-10H2,1-5H3. The lowest BCUT2D eigenvalue weighted by Gasteiger charge is -2.20. The average molecular weight is 283 g/mol. The Balaban J connectivity index is 2.55. The van der Waals surface area contributed by atoms with Crippen LogP contribution in [0.2, 0.25) is 0 Å². The molecular formula is C15H25NO2S. The molecule has 1 atom stereocenters. The van der Waals surface area contributed by atoms with E-state index in [-0.39, 0.29) is 11.8 Å². The average Bonchev–Trinajstić information content (AvgIpc) is 2.27. The highest BCUT2D eigenvalue weighted by Crippen LogP contribution is 2.16. The first kappa shape index (κ1) is 16.2. The van der Waals surface area contributed by atoms with Gasteiger partial charge in [-0.05, 0) is 40.2 Å². The van der Waals surface area contributed by atoms with Gasteiger partial charge in [-0.2, -0.15) is 0 Å². The number of hydrogen-bond donors (Lipinski definition) is 1. The van der Waals surface area contributed by atoms with Crippen molar-refractivity contribution >= 4 is 9.84 Å². The van der Waals surface area contributed by atoms with Crippen LogP contribution in [0.5, 0.6) is 0 Å². The largest absolute Gasteiger partial charge is 0.309 e. The van der Waals surface area contributed by atoms with Crippen LogP contribution in [0.1, 0.15) is 44.9 Å². The van der Waals surface area contributed by atoms with Crippen molar-refractivity contribution in [3.05, 3.63) is 35.4 Å². The van der Waals surface area contributed by atoms with Crippen molar-refractivity contribution < 1.29 is 8.42 Å². The summed E-state index contributed by atoms with van der Waals surface area (Å²) >= 11 is 0. The van der Waals surface area contributed by atoms with Crippen LogP contribution in [0.15, 0.2) is 24.3 Å². The highest BCUT2D eigenvalue weighted by molar-refractivity contribution is 7.92. The minimum Gasteiger partial charge on any atom is -0.309 e. The van der Waals surface area contributed by atoms with Gasteiger partial charge in [0.15, 0.2) is 9.84 Å². The van der Waals surface area contributed by atoms with E-state index >= 15 is 0 Å². The Bertz CT molecular complexity index is 515. The van der Waals surface area contributed by atoms with Gasteiger partial charge in [0.05, 0.1) is 10.5 Å². The maximum atomic E-state index is 12.0. The zero-order chi connectivity index (χ0) is 14.7. The second kappa shape index (κ2) is 6.06. The molecule has 0 saturated carbocycles. The number of sulfone groups is 1. The monoisotopic (exact) mass is 283 g/mol. The van der Waals surface area contributed by atoms with Crippen LogP contribution >= 0.6 is 0 Å². The molecule has 0 aliphatic rings. The van der Waals surface area contributed by atoms with Crippen LogP contribution in [0.3, 0.4) is 0 Å². The van der Waals surface area contributed by atoms with Crippen molar-refractivity contribution in [2.45, 2.75) is 45.4 Å². The van der Waals surface area contributed by atoms with Crippen LogP contribution in [0.25, 0.3) is 0 Å². The Hall–Kier alpha value is -0.870. The molecule has 0 fully saturated rings. The molecule has 108 valence electrons. The highest BCUT2D eigenvalue weighted by atomic mass is 32.2. The summed E-state index contributed by atoms with van der Waals surface area (Å²) in [6.45, 7) is 9.82. The number of benzene rings is 1. The SMILES string of the molecule is Cc1cccc(C(C)NCCS(=O)(=O)C(C)(C)C)c1. The van der Waals surface area contributed by atoms with Crippen molar-refractivity contribution in [1.29, 1.82) is 0 Å². The molecular weight excluding hydrogens is 258 g/mol. The molecule has 0 heterocycles. The Morgan fingerprint density at radius 2 is 1.89 bits per heavy atom. The second-order valence-electron chi connectivity index (χ2n) is 6.02. The molecule has 0 radical (unpaired) electrons. The van der Waals surface area contributed by atoms with Crippen LogP contribution in [0.4, 0.5) is 0 Å². The van der Waals surface area contributed by atoms with Crippen molar-refractivity contribution in [3.63, 3.8) is 0 Å². The van der Waals surface area contributed by atoms with E-state index < -0.39 is 14.6 Å². The maximum absolute atomic E-state index is 12.0. The predicted octanol–water partition coefficient (Wildman–Crippen LogP) is 2.86. The molecule has 0 aliphatic heterocycles. The number of hydrogen-bond acceptors (Lipinski definition) is 3. The van der Waals surface area contributed by atoms with Crippen molar-refractivity contribution in [2.24, 2.45) is 0 Å². The van der Waals surface area contributed by atoms with Gasteiger partial charge in [0.2, 0.25) is 0 Å². The van der Waals surface area contributed by atoms with Crippen molar-refractivity contribution in [1.82, 2.24) is 5.32 Å². The Labute approximate surface area is 117 Å². The molecule has 1 aromatic rings. The normalized spacial score (nSPS) is 14.4. The van der Waals surface area contributed by atoms with Crippen LogP contribution in [0, 0.1) is 6.92 Å². The lowest BCUT2D eigenvalue weighted by Crippen LogP contribution is -2.35. The first-order chi connectivity index (χ1) is 8.63. The first-order valence-corrected chi connectivity index (χ1v) is 8.31. The van der Waals surface area contributed by atoms with E-state index in [1.54, 1.807) is 20.8 Å². The van der Waals surface area contributed by atoms with Gasteiger partial charge < -0.3 is 5.32 Å². The van der Waals surface area contributed by atoms with Gasteiger partial charge in [-0.3, -0.25) is 0 Å². The zero-order valence-corrected chi connectivity index (χ0v) is 13.3. The minimum absolute atomic E-state index is 0.162. The number of rotatable bonds is 5. The number of nitrogens with one attached hydrogen (secondary N) is 1. The van der Waals surface area contributed by atoms with E-state index in [2.05, 4.69) is 37.4 Å². The van der Waals surface area contributed by atoms with Crippen LogP contribution in [-0.4, -0.2) is 25.5 Å². The third-order valence-corrected chi connectivity index (χ3v) is 5.90. The third-order valence-electron chi connectivity index (χ3n) is 3.30. The molecule has 0 aromatic heterocycles. The van der Waals surface area contributed by atoms with Gasteiger partial charge in [-0.15, -0.1) is 0 Å².